The van der Waals surface area contributed by atoms with Crippen molar-refractivity contribution in [3.8, 4) is 11.1 Å². The molecule has 0 aliphatic heterocycles. The number of carbonyl (C=O) groups excluding carboxylic acids is 1. The molecular weight excluding hydrogens is 385 g/mol. The van der Waals surface area contributed by atoms with E-state index in [4.69, 9.17) is 4.74 Å². The Kier molecular flexibility index (Phi) is 4.34. The normalized spacial score (nSPS) is 28.8. The van der Waals surface area contributed by atoms with Gasteiger partial charge in [0.2, 0.25) is 0 Å². The summed E-state index contributed by atoms with van der Waals surface area (Å²) < 4.78 is 18.7. The number of alkyl halides is 1. The summed E-state index contributed by atoms with van der Waals surface area (Å²) in [6.07, 6.45) is 0.279. The minimum absolute atomic E-state index is 0.0116. The van der Waals surface area contributed by atoms with E-state index < -0.39 is 23.6 Å². The summed E-state index contributed by atoms with van der Waals surface area (Å²) in [4.78, 5) is 24.1. The maximum absolute atomic E-state index is 13.2. The number of halogens is 1. The van der Waals surface area contributed by atoms with Crippen molar-refractivity contribution in [1.29, 1.82) is 0 Å². The van der Waals surface area contributed by atoms with E-state index in [-0.39, 0.29) is 24.5 Å². The Balaban J connectivity index is 1.21. The predicted molar refractivity (Wildman–Crippen MR) is 109 cm³/mol. The highest BCUT2D eigenvalue weighted by atomic mass is 19.1. The molecular formula is C24H24FNO4. The Morgan fingerprint density at radius 3 is 2.13 bits per heavy atom. The Bertz CT molecular complexity index is 960. The van der Waals surface area contributed by atoms with Gasteiger partial charge in [-0.3, -0.25) is 4.79 Å². The van der Waals surface area contributed by atoms with Crippen LogP contribution in [0.2, 0.25) is 0 Å². The summed E-state index contributed by atoms with van der Waals surface area (Å²) in [5, 5.41) is 12.3. The molecule has 3 aliphatic rings. The first-order valence-corrected chi connectivity index (χ1v) is 10.4. The lowest BCUT2D eigenvalue weighted by Gasteiger charge is -2.60. The maximum Gasteiger partial charge on any atom is 0.407 e. The van der Waals surface area contributed by atoms with Crippen LogP contribution < -0.4 is 5.32 Å². The number of ether oxygens (including phenoxy) is 1. The molecule has 0 atom stereocenters. The van der Waals surface area contributed by atoms with Gasteiger partial charge in [0.1, 0.15) is 12.8 Å². The first-order valence-electron chi connectivity index (χ1n) is 10.4. The van der Waals surface area contributed by atoms with Gasteiger partial charge in [0.25, 0.3) is 0 Å². The van der Waals surface area contributed by atoms with E-state index >= 15 is 0 Å². The highest BCUT2D eigenvalue weighted by Gasteiger charge is 2.63. The SMILES string of the molecule is O=C(NCC1(C(=O)O)CC2(CC(F)C2)C1)OCC1c2ccccc2-c2ccccc21. The molecule has 2 aromatic rings. The van der Waals surface area contributed by atoms with Crippen molar-refractivity contribution >= 4 is 12.1 Å². The van der Waals surface area contributed by atoms with E-state index in [9.17, 15) is 19.1 Å². The van der Waals surface area contributed by atoms with Gasteiger partial charge >= 0.3 is 12.1 Å². The fourth-order valence-electron chi connectivity index (χ4n) is 5.80. The molecule has 2 aromatic carbocycles. The van der Waals surface area contributed by atoms with Gasteiger partial charge in [0, 0.05) is 12.5 Å². The molecule has 30 heavy (non-hydrogen) atoms. The van der Waals surface area contributed by atoms with Crippen LogP contribution in [-0.4, -0.2) is 36.5 Å². The summed E-state index contributed by atoms with van der Waals surface area (Å²) in [5.41, 5.74) is 3.36. The third-order valence-corrected chi connectivity index (χ3v) is 7.10. The summed E-state index contributed by atoms with van der Waals surface area (Å²) in [7, 11) is 0. The Labute approximate surface area is 174 Å². The molecule has 156 valence electrons. The van der Waals surface area contributed by atoms with Crippen LogP contribution in [0.1, 0.15) is 42.7 Å². The number of rotatable bonds is 5. The third kappa shape index (κ3) is 2.97. The first-order chi connectivity index (χ1) is 14.4. The second-order valence-electron chi connectivity index (χ2n) is 9.12. The van der Waals surface area contributed by atoms with E-state index in [1.807, 2.05) is 36.4 Å². The minimum atomic E-state index is -1.01. The van der Waals surface area contributed by atoms with Gasteiger partial charge in [-0.05, 0) is 53.4 Å². The van der Waals surface area contributed by atoms with Crippen LogP contribution >= 0.6 is 0 Å². The molecule has 0 radical (unpaired) electrons. The van der Waals surface area contributed by atoms with Crippen molar-refractivity contribution in [1.82, 2.24) is 5.32 Å². The number of carboxylic acids is 1. The van der Waals surface area contributed by atoms with Gasteiger partial charge in [-0.25, -0.2) is 9.18 Å². The van der Waals surface area contributed by atoms with Gasteiger partial charge in [0.15, 0.2) is 0 Å². The number of carboxylic acid groups (broad SMARTS) is 1. The number of amides is 1. The Morgan fingerprint density at radius 2 is 1.60 bits per heavy atom. The second-order valence-corrected chi connectivity index (χ2v) is 9.12. The van der Waals surface area contributed by atoms with Gasteiger partial charge in [-0.15, -0.1) is 0 Å². The standard InChI is InChI=1S/C24H24FNO4/c25-15-9-23(10-15)12-24(13-23,21(27)28)14-26-22(29)30-11-20-18-7-3-1-5-16(18)17-6-2-4-8-19(17)20/h1-8,15,20H,9-14H2,(H,26,29)(H,27,28). The molecule has 0 unspecified atom stereocenters. The van der Waals surface area contributed by atoms with E-state index in [0.29, 0.717) is 25.7 Å². The molecule has 5 nitrogen and oxygen atoms in total. The largest absolute Gasteiger partial charge is 0.481 e. The topological polar surface area (TPSA) is 75.6 Å². The smallest absolute Gasteiger partial charge is 0.407 e. The third-order valence-electron chi connectivity index (χ3n) is 7.10. The monoisotopic (exact) mass is 409 g/mol. The van der Waals surface area contributed by atoms with Crippen LogP contribution in [-0.2, 0) is 9.53 Å². The maximum atomic E-state index is 13.2. The Morgan fingerprint density at radius 1 is 1.03 bits per heavy atom. The number of aliphatic carboxylic acids is 1. The molecule has 0 aromatic heterocycles. The predicted octanol–water partition coefficient (Wildman–Crippen LogP) is 4.51. The van der Waals surface area contributed by atoms with Gasteiger partial charge in [0.05, 0.1) is 5.41 Å². The van der Waals surface area contributed by atoms with Crippen molar-refractivity contribution in [2.45, 2.75) is 37.8 Å². The first kappa shape index (κ1) is 19.1. The number of nitrogens with one attached hydrogen (secondary N) is 1. The van der Waals surface area contributed by atoms with E-state index in [0.717, 1.165) is 22.3 Å². The van der Waals surface area contributed by atoms with E-state index in [1.54, 1.807) is 0 Å². The number of fused-ring (bicyclic) bond motifs is 3. The molecule has 0 saturated heterocycles. The molecule has 3 aliphatic carbocycles. The summed E-state index contributed by atoms with van der Waals surface area (Å²) in [6.45, 7) is 0.200. The molecule has 0 bridgehead atoms. The second kappa shape index (κ2) is 6.83. The van der Waals surface area contributed by atoms with Gasteiger partial charge in [-0.1, -0.05) is 48.5 Å². The zero-order valence-corrected chi connectivity index (χ0v) is 16.6. The van der Waals surface area contributed by atoms with Crippen LogP contribution in [0, 0.1) is 10.8 Å². The quantitative estimate of drug-likeness (QED) is 0.762. The van der Waals surface area contributed by atoms with Crippen LogP contribution in [0.25, 0.3) is 11.1 Å². The van der Waals surface area contributed by atoms with Crippen molar-refractivity contribution in [2.24, 2.45) is 10.8 Å². The van der Waals surface area contributed by atoms with E-state index in [1.165, 1.54) is 0 Å². The molecule has 1 spiro atoms. The Hall–Kier alpha value is -2.89. The molecule has 6 heteroatoms. The van der Waals surface area contributed by atoms with Crippen LogP contribution in [0.15, 0.2) is 48.5 Å². The lowest BCUT2D eigenvalue weighted by molar-refractivity contribution is -0.181. The molecule has 5 rings (SSSR count). The number of carbonyl (C=O) groups is 2. The molecule has 1 amide bonds. The van der Waals surface area contributed by atoms with Gasteiger partial charge in [-0.2, -0.15) is 0 Å². The zero-order valence-electron chi connectivity index (χ0n) is 16.6. The summed E-state index contributed by atoms with van der Waals surface area (Å²) in [6, 6.07) is 16.2. The van der Waals surface area contributed by atoms with Crippen LogP contribution in [0.5, 0.6) is 0 Å². The average Bonchev–Trinajstić information content (AvgIpc) is 3.01. The van der Waals surface area contributed by atoms with Crippen molar-refractivity contribution in [2.75, 3.05) is 13.2 Å². The molecule has 0 heterocycles. The van der Waals surface area contributed by atoms with Gasteiger partial charge < -0.3 is 15.2 Å². The fraction of sp³-hybridized carbons (Fsp3) is 0.417. The number of hydrogen-bond acceptors (Lipinski definition) is 3. The molecule has 2 saturated carbocycles. The molecule has 2 fully saturated rings. The lowest BCUT2D eigenvalue weighted by atomic mass is 9.44. The number of benzene rings is 2. The van der Waals surface area contributed by atoms with Crippen LogP contribution in [0.4, 0.5) is 9.18 Å². The van der Waals surface area contributed by atoms with Crippen LogP contribution in [0.3, 0.4) is 0 Å². The van der Waals surface area contributed by atoms with Crippen molar-refractivity contribution in [3.05, 3.63) is 59.7 Å². The molecule has 2 N–H and O–H groups in total. The van der Waals surface area contributed by atoms with Crippen molar-refractivity contribution in [3.63, 3.8) is 0 Å². The van der Waals surface area contributed by atoms with Crippen molar-refractivity contribution < 1.29 is 23.8 Å². The number of alkyl carbamates (subject to hydrolysis) is 1. The van der Waals surface area contributed by atoms with E-state index in [2.05, 4.69) is 17.4 Å². The summed E-state index contributed by atoms with van der Waals surface area (Å²) >= 11 is 0. The highest BCUT2D eigenvalue weighted by Crippen LogP contribution is 2.65. The fourth-order valence-corrected chi connectivity index (χ4v) is 5.80. The zero-order chi connectivity index (χ0) is 20.9. The average molecular weight is 409 g/mol. The number of hydrogen-bond donors (Lipinski definition) is 2. The summed E-state index contributed by atoms with van der Waals surface area (Å²) in [5.74, 6) is -0.977. The minimum Gasteiger partial charge on any atom is -0.481 e. The highest BCUT2D eigenvalue weighted by molar-refractivity contribution is 5.80. The lowest BCUT2D eigenvalue weighted by Crippen LogP contribution is -2.61.